The van der Waals surface area contributed by atoms with Gasteiger partial charge in [0.1, 0.15) is 0 Å². The van der Waals surface area contributed by atoms with Gasteiger partial charge in [-0.05, 0) is 48.7 Å². The number of fused-ring (bicyclic) bond motifs is 2. The summed E-state index contributed by atoms with van der Waals surface area (Å²) in [7, 11) is 0. The van der Waals surface area contributed by atoms with Crippen molar-refractivity contribution < 1.29 is 14.3 Å². The molecule has 1 aliphatic heterocycles. The third-order valence-electron chi connectivity index (χ3n) is 5.69. The molecule has 2 aliphatic rings. The van der Waals surface area contributed by atoms with E-state index in [0.29, 0.717) is 6.54 Å². The van der Waals surface area contributed by atoms with Crippen LogP contribution in [0.2, 0.25) is 0 Å². The van der Waals surface area contributed by atoms with Crippen molar-refractivity contribution in [3.63, 3.8) is 0 Å². The van der Waals surface area contributed by atoms with E-state index in [1.807, 2.05) is 53.4 Å². The number of carbonyl (C=O) groups is 1. The Bertz CT molecular complexity index is 1020. The van der Waals surface area contributed by atoms with Crippen LogP contribution in [-0.2, 0) is 6.54 Å². The number of ether oxygens (including phenoxy) is 2. The first-order valence-corrected chi connectivity index (χ1v) is 9.83. The van der Waals surface area contributed by atoms with Crippen molar-refractivity contribution in [2.45, 2.75) is 38.3 Å². The van der Waals surface area contributed by atoms with Gasteiger partial charge in [0.2, 0.25) is 6.79 Å². The molecule has 1 fully saturated rings. The van der Waals surface area contributed by atoms with E-state index >= 15 is 0 Å². The van der Waals surface area contributed by atoms with Gasteiger partial charge in [0, 0.05) is 29.7 Å². The second kappa shape index (κ2) is 7.15. The smallest absolute Gasteiger partial charge is 0.255 e. The number of hydrogen-bond acceptors (Lipinski definition) is 4. The fraction of sp³-hybridized carbons (Fsp3) is 0.304. The number of carbonyl (C=O) groups excluding carboxylic acids is 1. The molecule has 1 amide bonds. The lowest BCUT2D eigenvalue weighted by atomic mass is 10.0. The molecular weight excluding hydrogens is 352 g/mol. The molecule has 0 bridgehead atoms. The van der Waals surface area contributed by atoms with E-state index in [4.69, 9.17) is 9.47 Å². The van der Waals surface area contributed by atoms with Gasteiger partial charge in [0.05, 0.1) is 5.52 Å². The lowest BCUT2D eigenvalue weighted by Crippen LogP contribution is -2.38. The summed E-state index contributed by atoms with van der Waals surface area (Å²) in [5.41, 5.74) is 2.63. The lowest BCUT2D eigenvalue weighted by Gasteiger charge is -2.30. The standard InChI is InChI=1S/C23H22N2O3/c26-23(19-7-3-9-20-18(19)8-4-12-24-20)25(17-5-1-2-6-17)14-16-10-11-21-22(13-16)28-15-27-21/h3-4,7-13,17H,1-2,5-6,14-15H2. The van der Waals surface area contributed by atoms with Crippen molar-refractivity contribution in [2.24, 2.45) is 0 Å². The molecule has 0 saturated heterocycles. The number of nitrogens with zero attached hydrogens (tertiary/aromatic N) is 2. The normalized spacial score (nSPS) is 15.9. The minimum absolute atomic E-state index is 0.0724. The fourth-order valence-electron chi connectivity index (χ4n) is 4.26. The predicted octanol–water partition coefficient (Wildman–Crippen LogP) is 4.55. The quantitative estimate of drug-likeness (QED) is 0.672. The lowest BCUT2D eigenvalue weighted by molar-refractivity contribution is 0.0666. The van der Waals surface area contributed by atoms with Gasteiger partial charge in [0.15, 0.2) is 11.5 Å². The van der Waals surface area contributed by atoms with Gasteiger partial charge in [-0.3, -0.25) is 9.78 Å². The monoisotopic (exact) mass is 374 g/mol. The molecule has 2 aromatic carbocycles. The van der Waals surface area contributed by atoms with E-state index in [0.717, 1.165) is 46.4 Å². The van der Waals surface area contributed by atoms with Crippen molar-refractivity contribution in [2.75, 3.05) is 6.79 Å². The van der Waals surface area contributed by atoms with Crippen molar-refractivity contribution >= 4 is 16.8 Å². The number of hydrogen-bond donors (Lipinski definition) is 0. The van der Waals surface area contributed by atoms with Crippen molar-refractivity contribution in [3.8, 4) is 11.5 Å². The zero-order valence-corrected chi connectivity index (χ0v) is 15.6. The van der Waals surface area contributed by atoms with Crippen LogP contribution in [0, 0.1) is 0 Å². The Kier molecular flexibility index (Phi) is 4.35. The van der Waals surface area contributed by atoms with E-state index in [-0.39, 0.29) is 18.7 Å². The number of pyridine rings is 1. The van der Waals surface area contributed by atoms with Crippen LogP contribution in [0.3, 0.4) is 0 Å². The molecule has 0 N–H and O–H groups in total. The van der Waals surface area contributed by atoms with Gasteiger partial charge in [-0.25, -0.2) is 0 Å². The maximum absolute atomic E-state index is 13.6. The van der Waals surface area contributed by atoms with Crippen LogP contribution in [0.4, 0.5) is 0 Å². The second-order valence-corrected chi connectivity index (χ2v) is 7.43. The highest BCUT2D eigenvalue weighted by Gasteiger charge is 2.29. The first kappa shape index (κ1) is 17.0. The molecule has 28 heavy (non-hydrogen) atoms. The number of benzene rings is 2. The van der Waals surface area contributed by atoms with Crippen LogP contribution in [0.1, 0.15) is 41.6 Å². The highest BCUT2D eigenvalue weighted by atomic mass is 16.7. The van der Waals surface area contributed by atoms with Crippen molar-refractivity contribution in [1.82, 2.24) is 9.88 Å². The molecular formula is C23H22N2O3. The third-order valence-corrected chi connectivity index (χ3v) is 5.69. The Balaban J connectivity index is 1.50. The molecule has 0 radical (unpaired) electrons. The molecule has 1 aromatic heterocycles. The molecule has 0 spiro atoms. The molecule has 5 nitrogen and oxygen atoms in total. The molecule has 1 aliphatic carbocycles. The minimum Gasteiger partial charge on any atom is -0.454 e. The summed E-state index contributed by atoms with van der Waals surface area (Å²) in [6, 6.07) is 15.8. The van der Waals surface area contributed by atoms with Gasteiger partial charge in [0.25, 0.3) is 5.91 Å². The third kappa shape index (κ3) is 3.07. The van der Waals surface area contributed by atoms with Crippen LogP contribution in [0.5, 0.6) is 11.5 Å². The SMILES string of the molecule is O=C(c1cccc2ncccc12)N(Cc1ccc2c(c1)OCO2)C1CCCC1. The summed E-state index contributed by atoms with van der Waals surface area (Å²) in [5, 5.41) is 0.906. The summed E-state index contributed by atoms with van der Waals surface area (Å²) in [6.07, 6.45) is 6.22. The Morgan fingerprint density at radius 1 is 1.04 bits per heavy atom. The molecule has 2 heterocycles. The molecule has 5 rings (SSSR count). The van der Waals surface area contributed by atoms with Gasteiger partial charge in [-0.15, -0.1) is 0 Å². The fourth-order valence-corrected chi connectivity index (χ4v) is 4.26. The van der Waals surface area contributed by atoms with Crippen molar-refractivity contribution in [3.05, 3.63) is 65.9 Å². The van der Waals surface area contributed by atoms with Gasteiger partial charge < -0.3 is 14.4 Å². The average Bonchev–Trinajstić information content (AvgIpc) is 3.42. The van der Waals surface area contributed by atoms with Crippen LogP contribution in [0.15, 0.2) is 54.7 Å². The Morgan fingerprint density at radius 2 is 1.89 bits per heavy atom. The van der Waals surface area contributed by atoms with E-state index in [2.05, 4.69) is 4.98 Å². The molecule has 5 heteroatoms. The second-order valence-electron chi connectivity index (χ2n) is 7.43. The molecule has 3 aromatic rings. The Morgan fingerprint density at radius 3 is 2.79 bits per heavy atom. The van der Waals surface area contributed by atoms with E-state index < -0.39 is 0 Å². The van der Waals surface area contributed by atoms with Gasteiger partial charge >= 0.3 is 0 Å². The van der Waals surface area contributed by atoms with Crippen LogP contribution < -0.4 is 9.47 Å². The summed E-state index contributed by atoms with van der Waals surface area (Å²) in [5.74, 6) is 1.59. The number of amides is 1. The first-order chi connectivity index (χ1) is 13.8. The number of aromatic nitrogens is 1. The van der Waals surface area contributed by atoms with Crippen molar-refractivity contribution in [1.29, 1.82) is 0 Å². The predicted molar refractivity (Wildman–Crippen MR) is 106 cm³/mol. The van der Waals surface area contributed by atoms with Gasteiger partial charge in [-0.2, -0.15) is 0 Å². The summed E-state index contributed by atoms with van der Waals surface area (Å²) >= 11 is 0. The zero-order valence-electron chi connectivity index (χ0n) is 15.6. The largest absolute Gasteiger partial charge is 0.454 e. The molecule has 142 valence electrons. The van der Waals surface area contributed by atoms with Crippen LogP contribution >= 0.6 is 0 Å². The minimum atomic E-state index is 0.0724. The Labute approximate surface area is 163 Å². The van der Waals surface area contributed by atoms with Crippen LogP contribution in [0.25, 0.3) is 10.9 Å². The summed E-state index contributed by atoms with van der Waals surface area (Å²) in [6.45, 7) is 0.823. The van der Waals surface area contributed by atoms with E-state index in [9.17, 15) is 4.79 Å². The molecule has 1 saturated carbocycles. The summed E-state index contributed by atoms with van der Waals surface area (Å²) < 4.78 is 10.9. The van der Waals surface area contributed by atoms with E-state index in [1.165, 1.54) is 12.8 Å². The van der Waals surface area contributed by atoms with E-state index in [1.54, 1.807) is 6.20 Å². The zero-order chi connectivity index (χ0) is 18.9. The maximum atomic E-state index is 13.6. The maximum Gasteiger partial charge on any atom is 0.255 e. The number of rotatable bonds is 4. The average molecular weight is 374 g/mol. The molecule has 0 unspecified atom stereocenters. The highest BCUT2D eigenvalue weighted by Crippen LogP contribution is 2.34. The Hall–Kier alpha value is -3.08. The summed E-state index contributed by atoms with van der Waals surface area (Å²) in [4.78, 5) is 20.1. The first-order valence-electron chi connectivity index (χ1n) is 9.83. The van der Waals surface area contributed by atoms with Gasteiger partial charge in [-0.1, -0.05) is 31.0 Å². The molecule has 0 atom stereocenters. The topological polar surface area (TPSA) is 51.7 Å². The highest BCUT2D eigenvalue weighted by molar-refractivity contribution is 6.06. The van der Waals surface area contributed by atoms with Crippen LogP contribution in [-0.4, -0.2) is 28.6 Å².